The number of nitrogens with one attached hydrogen (secondary N) is 1. The first-order chi connectivity index (χ1) is 7.29. The van der Waals surface area contributed by atoms with Gasteiger partial charge in [-0.1, -0.05) is 0 Å². The van der Waals surface area contributed by atoms with Crippen molar-refractivity contribution in [3.8, 4) is 0 Å². The van der Waals surface area contributed by atoms with Crippen LogP contribution in [-0.2, 0) is 4.79 Å². The van der Waals surface area contributed by atoms with E-state index in [0.29, 0.717) is 6.04 Å². The molecule has 0 aromatic carbocycles. The number of hydrogen-bond donors (Lipinski definition) is 1. The molecule has 1 N–H and O–H groups in total. The molecule has 0 amide bonds. The summed E-state index contributed by atoms with van der Waals surface area (Å²) in [6.45, 7) is 5.68. The van der Waals surface area contributed by atoms with Crippen molar-refractivity contribution in [1.29, 1.82) is 0 Å². The first kappa shape index (κ1) is 11.0. The Morgan fingerprint density at radius 3 is 2.47 bits per heavy atom. The van der Waals surface area contributed by atoms with Gasteiger partial charge in [0, 0.05) is 38.8 Å². The maximum Gasteiger partial charge on any atom is 0.136 e. The zero-order valence-corrected chi connectivity index (χ0v) is 9.48. The number of carbonyl (C=O) groups is 1. The molecule has 0 bridgehead atoms. The summed E-state index contributed by atoms with van der Waals surface area (Å²) < 4.78 is 0. The normalized spacial score (nSPS) is 35.3. The lowest BCUT2D eigenvalue weighted by atomic mass is 10.00. The van der Waals surface area contributed by atoms with Crippen molar-refractivity contribution >= 4 is 6.29 Å². The van der Waals surface area contributed by atoms with Gasteiger partial charge in [0.1, 0.15) is 6.29 Å². The number of nitrogens with zero attached hydrogens (tertiary/aromatic N) is 2. The minimum Gasteiger partial charge on any atom is -0.306 e. The van der Waals surface area contributed by atoms with Gasteiger partial charge in [-0.3, -0.25) is 4.90 Å². The van der Waals surface area contributed by atoms with Gasteiger partial charge in [0.2, 0.25) is 0 Å². The molecule has 0 radical (unpaired) electrons. The van der Waals surface area contributed by atoms with E-state index in [1.807, 2.05) is 0 Å². The van der Waals surface area contributed by atoms with Crippen LogP contribution in [0.25, 0.3) is 0 Å². The molecule has 4 nitrogen and oxygen atoms in total. The fourth-order valence-electron chi connectivity index (χ4n) is 2.48. The van der Waals surface area contributed by atoms with Crippen molar-refractivity contribution in [3.05, 3.63) is 0 Å². The zero-order valence-electron chi connectivity index (χ0n) is 9.48. The highest BCUT2D eigenvalue weighted by Crippen LogP contribution is 2.14. The van der Waals surface area contributed by atoms with Crippen LogP contribution in [-0.4, -0.2) is 67.9 Å². The van der Waals surface area contributed by atoms with E-state index in [0.717, 1.165) is 19.3 Å². The number of piperazine rings is 1. The maximum absolute atomic E-state index is 10.6. The minimum atomic E-state index is 0.105. The first-order valence-corrected chi connectivity index (χ1v) is 5.91. The van der Waals surface area contributed by atoms with Crippen molar-refractivity contribution in [3.63, 3.8) is 0 Å². The van der Waals surface area contributed by atoms with Crippen molar-refractivity contribution in [2.45, 2.75) is 24.9 Å². The third kappa shape index (κ3) is 2.77. The van der Waals surface area contributed by atoms with E-state index in [1.165, 1.54) is 32.6 Å². The van der Waals surface area contributed by atoms with Crippen LogP contribution < -0.4 is 5.32 Å². The van der Waals surface area contributed by atoms with Gasteiger partial charge in [0.25, 0.3) is 0 Å². The number of likely N-dealkylation sites (N-methyl/N-ethyl adjacent to an activating group) is 1. The second-order valence-electron chi connectivity index (χ2n) is 4.72. The number of carbonyl (C=O) groups excluding carboxylic acids is 1. The molecule has 15 heavy (non-hydrogen) atoms. The highest BCUT2D eigenvalue weighted by Gasteiger charge is 2.26. The highest BCUT2D eigenvalue weighted by molar-refractivity contribution is 5.57. The molecule has 0 spiro atoms. The molecule has 2 fully saturated rings. The lowest BCUT2D eigenvalue weighted by molar-refractivity contribution is -0.110. The fraction of sp³-hybridized carbons (Fsp3) is 0.909. The van der Waals surface area contributed by atoms with Gasteiger partial charge in [-0.25, -0.2) is 0 Å². The van der Waals surface area contributed by atoms with E-state index in [9.17, 15) is 4.79 Å². The smallest absolute Gasteiger partial charge is 0.136 e. The predicted molar refractivity (Wildman–Crippen MR) is 59.9 cm³/mol. The zero-order chi connectivity index (χ0) is 10.7. The molecular formula is C11H21N3O. The monoisotopic (exact) mass is 211 g/mol. The number of piperidine rings is 1. The Hall–Kier alpha value is -0.450. The standard InChI is InChI=1S/C11H21N3O/c1-13-4-6-14(7-5-13)11-3-2-10(9-15)12-8-11/h9-12H,2-8H2,1H3. The van der Waals surface area contributed by atoms with Gasteiger partial charge in [0.15, 0.2) is 0 Å². The fourth-order valence-corrected chi connectivity index (χ4v) is 2.48. The van der Waals surface area contributed by atoms with Crippen LogP contribution in [0.3, 0.4) is 0 Å². The molecular weight excluding hydrogens is 190 g/mol. The summed E-state index contributed by atoms with van der Waals surface area (Å²) in [4.78, 5) is 15.5. The molecule has 0 aliphatic carbocycles. The molecule has 0 saturated carbocycles. The van der Waals surface area contributed by atoms with E-state index < -0.39 is 0 Å². The van der Waals surface area contributed by atoms with Crippen LogP contribution in [0, 0.1) is 0 Å². The number of hydrogen-bond acceptors (Lipinski definition) is 4. The van der Waals surface area contributed by atoms with Gasteiger partial charge in [-0.05, 0) is 19.9 Å². The van der Waals surface area contributed by atoms with E-state index >= 15 is 0 Å². The summed E-state index contributed by atoms with van der Waals surface area (Å²) in [5.74, 6) is 0. The highest BCUT2D eigenvalue weighted by atomic mass is 16.1. The summed E-state index contributed by atoms with van der Waals surface area (Å²) in [5, 5.41) is 3.30. The number of rotatable bonds is 2. The van der Waals surface area contributed by atoms with Gasteiger partial charge < -0.3 is 15.0 Å². The molecule has 2 unspecified atom stereocenters. The molecule has 86 valence electrons. The average molecular weight is 211 g/mol. The second-order valence-corrected chi connectivity index (χ2v) is 4.72. The van der Waals surface area contributed by atoms with Crippen molar-refractivity contribution in [2.75, 3.05) is 39.8 Å². The van der Waals surface area contributed by atoms with Crippen LogP contribution in [0.4, 0.5) is 0 Å². The predicted octanol–water partition coefficient (Wildman–Crippen LogP) is -0.447. The van der Waals surface area contributed by atoms with Gasteiger partial charge in [-0.15, -0.1) is 0 Å². The van der Waals surface area contributed by atoms with Gasteiger partial charge in [-0.2, -0.15) is 0 Å². The van der Waals surface area contributed by atoms with Crippen LogP contribution in [0.1, 0.15) is 12.8 Å². The van der Waals surface area contributed by atoms with Crippen molar-refractivity contribution in [2.24, 2.45) is 0 Å². The van der Waals surface area contributed by atoms with Crippen LogP contribution in [0.2, 0.25) is 0 Å². The van der Waals surface area contributed by atoms with Gasteiger partial charge >= 0.3 is 0 Å². The summed E-state index contributed by atoms with van der Waals surface area (Å²) in [6, 6.07) is 0.753. The third-order valence-electron chi connectivity index (χ3n) is 3.65. The Balaban J connectivity index is 1.78. The van der Waals surface area contributed by atoms with Crippen molar-refractivity contribution in [1.82, 2.24) is 15.1 Å². The Morgan fingerprint density at radius 1 is 1.20 bits per heavy atom. The summed E-state index contributed by atoms with van der Waals surface area (Å²) >= 11 is 0. The van der Waals surface area contributed by atoms with Gasteiger partial charge in [0.05, 0.1) is 6.04 Å². The minimum absolute atomic E-state index is 0.105. The molecule has 0 aromatic heterocycles. The van der Waals surface area contributed by atoms with E-state index in [2.05, 4.69) is 22.2 Å². The Bertz CT molecular complexity index is 206. The maximum atomic E-state index is 10.6. The molecule has 0 aromatic rings. The van der Waals surface area contributed by atoms with E-state index in [-0.39, 0.29) is 6.04 Å². The molecule has 2 rings (SSSR count). The quantitative estimate of drug-likeness (QED) is 0.628. The Labute approximate surface area is 91.6 Å². The Kier molecular flexibility index (Phi) is 3.72. The average Bonchev–Trinajstić information content (AvgIpc) is 2.30. The molecule has 2 atom stereocenters. The van der Waals surface area contributed by atoms with Crippen LogP contribution in [0.15, 0.2) is 0 Å². The summed E-state index contributed by atoms with van der Waals surface area (Å²) in [6.07, 6.45) is 3.21. The lowest BCUT2D eigenvalue weighted by Gasteiger charge is -2.40. The summed E-state index contributed by atoms with van der Waals surface area (Å²) in [7, 11) is 2.18. The lowest BCUT2D eigenvalue weighted by Crippen LogP contribution is -2.55. The van der Waals surface area contributed by atoms with E-state index in [4.69, 9.17) is 0 Å². The van der Waals surface area contributed by atoms with Crippen molar-refractivity contribution < 1.29 is 4.79 Å². The molecule has 2 aliphatic heterocycles. The molecule has 2 saturated heterocycles. The molecule has 4 heteroatoms. The molecule has 2 aliphatic rings. The molecule has 2 heterocycles. The number of aldehydes is 1. The summed E-state index contributed by atoms with van der Waals surface area (Å²) in [5.41, 5.74) is 0. The van der Waals surface area contributed by atoms with Crippen LogP contribution in [0.5, 0.6) is 0 Å². The van der Waals surface area contributed by atoms with Crippen LogP contribution >= 0.6 is 0 Å². The second kappa shape index (κ2) is 5.05. The first-order valence-electron chi connectivity index (χ1n) is 5.91. The third-order valence-corrected chi connectivity index (χ3v) is 3.65. The SMILES string of the molecule is CN1CCN(C2CCC(C=O)NC2)CC1. The Morgan fingerprint density at radius 2 is 1.93 bits per heavy atom. The largest absolute Gasteiger partial charge is 0.306 e. The van der Waals surface area contributed by atoms with E-state index in [1.54, 1.807) is 0 Å². The topological polar surface area (TPSA) is 35.6 Å².